The Morgan fingerprint density at radius 1 is 1.10 bits per heavy atom. The zero-order valence-electron chi connectivity index (χ0n) is 17.0. The van der Waals surface area contributed by atoms with E-state index in [4.69, 9.17) is 4.98 Å². The Hall–Kier alpha value is -3.15. The van der Waals surface area contributed by atoms with Gasteiger partial charge in [-0.25, -0.2) is 18.7 Å². The highest BCUT2D eigenvalue weighted by atomic mass is 19.1. The van der Waals surface area contributed by atoms with Crippen LogP contribution in [0.2, 0.25) is 0 Å². The summed E-state index contributed by atoms with van der Waals surface area (Å²) in [6.07, 6.45) is 3.41. The second-order valence-electron chi connectivity index (χ2n) is 7.77. The molecule has 1 aliphatic rings. The molecule has 4 rings (SSSR count). The molecule has 3 aromatic rings. The number of halogens is 2. The van der Waals surface area contributed by atoms with Crippen molar-refractivity contribution in [3.63, 3.8) is 0 Å². The van der Waals surface area contributed by atoms with Crippen molar-refractivity contribution in [2.75, 3.05) is 13.1 Å². The van der Waals surface area contributed by atoms with Gasteiger partial charge in [-0.15, -0.1) is 0 Å². The van der Waals surface area contributed by atoms with Crippen molar-refractivity contribution >= 4 is 5.91 Å². The number of aromatic nitrogens is 2. The molecule has 0 spiro atoms. The summed E-state index contributed by atoms with van der Waals surface area (Å²) in [5, 5.41) is 0. The van der Waals surface area contributed by atoms with E-state index in [1.165, 1.54) is 11.0 Å². The zero-order valence-corrected chi connectivity index (χ0v) is 17.0. The number of benzene rings is 2. The smallest absolute Gasteiger partial charge is 0.259 e. The van der Waals surface area contributed by atoms with Gasteiger partial charge < -0.3 is 4.90 Å². The maximum absolute atomic E-state index is 14.1. The molecule has 1 atom stereocenters. The summed E-state index contributed by atoms with van der Waals surface area (Å²) in [4.78, 5) is 23.5. The van der Waals surface area contributed by atoms with Gasteiger partial charge in [-0.1, -0.05) is 35.9 Å². The first-order chi connectivity index (χ1) is 14.4. The van der Waals surface area contributed by atoms with Crippen LogP contribution in [0.15, 0.2) is 48.7 Å². The normalized spacial score (nSPS) is 16.5. The minimum absolute atomic E-state index is 0.0326. The molecule has 1 saturated heterocycles. The first-order valence-electron chi connectivity index (χ1n) is 10.1. The molecule has 1 fully saturated rings. The molecular formula is C24H23F2N3O. The Kier molecular flexibility index (Phi) is 5.57. The third kappa shape index (κ3) is 3.95. The van der Waals surface area contributed by atoms with Gasteiger partial charge in [-0.3, -0.25) is 4.79 Å². The highest BCUT2D eigenvalue weighted by Gasteiger charge is 2.30. The lowest BCUT2D eigenvalue weighted by Crippen LogP contribution is -2.40. The second-order valence-corrected chi connectivity index (χ2v) is 7.77. The van der Waals surface area contributed by atoms with E-state index in [9.17, 15) is 13.6 Å². The molecule has 1 unspecified atom stereocenters. The number of amides is 1. The fraction of sp³-hybridized carbons (Fsp3) is 0.292. The lowest BCUT2D eigenvalue weighted by molar-refractivity contribution is 0.0696. The summed E-state index contributed by atoms with van der Waals surface area (Å²) < 4.78 is 28.3. The summed E-state index contributed by atoms with van der Waals surface area (Å²) in [6.45, 7) is 4.70. The van der Waals surface area contributed by atoms with Gasteiger partial charge in [-0.05, 0) is 44.4 Å². The molecule has 0 N–H and O–H groups in total. The molecule has 0 aliphatic carbocycles. The Balaban J connectivity index is 1.67. The van der Waals surface area contributed by atoms with E-state index in [-0.39, 0.29) is 5.92 Å². The number of nitrogens with zero attached hydrogens (tertiary/aromatic N) is 3. The van der Waals surface area contributed by atoms with Gasteiger partial charge in [0, 0.05) is 30.8 Å². The Labute approximate surface area is 174 Å². The van der Waals surface area contributed by atoms with Crippen molar-refractivity contribution in [1.29, 1.82) is 0 Å². The lowest BCUT2D eigenvalue weighted by Gasteiger charge is -2.33. The van der Waals surface area contributed by atoms with Crippen LogP contribution in [0.5, 0.6) is 0 Å². The Bertz CT molecular complexity index is 1080. The van der Waals surface area contributed by atoms with E-state index in [0.717, 1.165) is 47.4 Å². The highest BCUT2D eigenvalue weighted by Crippen LogP contribution is 2.34. The molecule has 2 aromatic carbocycles. The van der Waals surface area contributed by atoms with Crippen molar-refractivity contribution < 1.29 is 13.6 Å². The van der Waals surface area contributed by atoms with Crippen molar-refractivity contribution in [3.05, 3.63) is 82.9 Å². The molecule has 1 aromatic heterocycles. The average Bonchev–Trinajstić information content (AvgIpc) is 2.73. The first kappa shape index (κ1) is 20.1. The van der Waals surface area contributed by atoms with E-state index < -0.39 is 23.1 Å². The van der Waals surface area contributed by atoms with Gasteiger partial charge in [0.15, 0.2) is 0 Å². The fourth-order valence-corrected chi connectivity index (χ4v) is 4.08. The van der Waals surface area contributed by atoms with Crippen LogP contribution in [0.3, 0.4) is 0 Å². The highest BCUT2D eigenvalue weighted by molar-refractivity contribution is 5.95. The summed E-state index contributed by atoms with van der Waals surface area (Å²) >= 11 is 0. The van der Waals surface area contributed by atoms with E-state index in [2.05, 4.69) is 11.1 Å². The summed E-state index contributed by atoms with van der Waals surface area (Å²) in [7, 11) is 0. The number of likely N-dealkylation sites (tertiary alicyclic amines) is 1. The number of rotatable bonds is 3. The van der Waals surface area contributed by atoms with Crippen LogP contribution in [0.4, 0.5) is 8.78 Å². The van der Waals surface area contributed by atoms with Gasteiger partial charge >= 0.3 is 0 Å². The minimum Gasteiger partial charge on any atom is -0.338 e. The molecule has 4 nitrogen and oxygen atoms in total. The van der Waals surface area contributed by atoms with Crippen LogP contribution >= 0.6 is 0 Å². The first-order valence-corrected chi connectivity index (χ1v) is 10.1. The third-order valence-electron chi connectivity index (χ3n) is 5.54. The predicted octanol–water partition coefficient (Wildman–Crippen LogP) is 5.06. The molecular weight excluding hydrogens is 384 g/mol. The van der Waals surface area contributed by atoms with Crippen LogP contribution in [0, 0.1) is 25.5 Å². The molecule has 1 aliphatic heterocycles. The zero-order chi connectivity index (χ0) is 21.3. The molecule has 2 heterocycles. The number of carbonyl (C=O) groups excluding carboxylic acids is 1. The molecule has 6 heteroatoms. The van der Waals surface area contributed by atoms with Crippen molar-refractivity contribution in [2.45, 2.75) is 32.6 Å². The fourth-order valence-electron chi connectivity index (χ4n) is 4.08. The standard InChI is InChI=1S/C24H23F2N3O/c1-15-6-3-7-17(12-15)19-13-27-16(2)28-23(19)18-8-5-11-29(14-18)24(30)22-20(25)9-4-10-21(22)26/h3-4,6-7,9-10,12-13,18H,5,8,11,14H2,1-2H3. The molecule has 30 heavy (non-hydrogen) atoms. The number of hydrogen-bond donors (Lipinski definition) is 0. The molecule has 154 valence electrons. The van der Waals surface area contributed by atoms with E-state index in [1.54, 1.807) is 0 Å². The maximum Gasteiger partial charge on any atom is 0.259 e. The van der Waals surface area contributed by atoms with E-state index in [1.807, 2.05) is 38.2 Å². The van der Waals surface area contributed by atoms with Gasteiger partial charge in [0.05, 0.1) is 5.69 Å². The van der Waals surface area contributed by atoms with E-state index >= 15 is 0 Å². The summed E-state index contributed by atoms with van der Waals surface area (Å²) in [5.74, 6) is -1.65. The molecule has 0 radical (unpaired) electrons. The van der Waals surface area contributed by atoms with Crippen LogP contribution in [0.1, 0.15) is 46.2 Å². The molecule has 1 amide bonds. The average molecular weight is 407 g/mol. The van der Waals surface area contributed by atoms with Crippen molar-refractivity contribution in [1.82, 2.24) is 14.9 Å². The van der Waals surface area contributed by atoms with Crippen LogP contribution in [0.25, 0.3) is 11.1 Å². The number of aryl methyl sites for hydroxylation is 2. The maximum atomic E-state index is 14.1. The number of carbonyl (C=O) groups is 1. The quantitative estimate of drug-likeness (QED) is 0.610. The van der Waals surface area contributed by atoms with Crippen LogP contribution in [-0.2, 0) is 0 Å². The number of hydrogen-bond acceptors (Lipinski definition) is 3. The van der Waals surface area contributed by atoms with Gasteiger partial charge in [0.25, 0.3) is 5.91 Å². The van der Waals surface area contributed by atoms with Gasteiger partial charge in [0.1, 0.15) is 23.0 Å². The van der Waals surface area contributed by atoms with Crippen LogP contribution < -0.4 is 0 Å². The second kappa shape index (κ2) is 8.30. The molecule has 0 saturated carbocycles. The monoisotopic (exact) mass is 407 g/mol. The van der Waals surface area contributed by atoms with Crippen molar-refractivity contribution in [3.8, 4) is 11.1 Å². The molecule has 0 bridgehead atoms. The third-order valence-corrected chi connectivity index (χ3v) is 5.54. The lowest BCUT2D eigenvalue weighted by atomic mass is 9.89. The van der Waals surface area contributed by atoms with Gasteiger partial charge in [-0.2, -0.15) is 0 Å². The Morgan fingerprint density at radius 3 is 2.57 bits per heavy atom. The summed E-state index contributed by atoms with van der Waals surface area (Å²) in [6, 6.07) is 11.6. The van der Waals surface area contributed by atoms with Crippen molar-refractivity contribution in [2.24, 2.45) is 0 Å². The van der Waals surface area contributed by atoms with E-state index in [0.29, 0.717) is 18.9 Å². The summed E-state index contributed by atoms with van der Waals surface area (Å²) in [5.41, 5.74) is 3.47. The number of piperidine rings is 1. The minimum atomic E-state index is -0.833. The van der Waals surface area contributed by atoms with Crippen LogP contribution in [-0.4, -0.2) is 33.9 Å². The topological polar surface area (TPSA) is 46.1 Å². The predicted molar refractivity (Wildman–Crippen MR) is 111 cm³/mol. The Morgan fingerprint density at radius 2 is 1.83 bits per heavy atom. The van der Waals surface area contributed by atoms with Gasteiger partial charge in [0.2, 0.25) is 0 Å². The SMILES string of the molecule is Cc1cccc(-c2cnc(C)nc2C2CCCN(C(=O)c3c(F)cccc3F)C2)c1. The largest absolute Gasteiger partial charge is 0.338 e.